The summed E-state index contributed by atoms with van der Waals surface area (Å²) in [6.07, 6.45) is 0. The Morgan fingerprint density at radius 3 is 2.08 bits per heavy atom. The van der Waals surface area contributed by atoms with E-state index in [9.17, 15) is 8.42 Å². The van der Waals surface area contributed by atoms with Gasteiger partial charge in [-0.2, -0.15) is 0 Å². The Hall–Kier alpha value is 0.629. The SMILES string of the molecule is BrCc1ccc(Br)cc1CBr.[CH3][Sn]([CH3])([CH3])[c]1ccc2c(c1)CS(=O)(=O)C2. The minimum atomic E-state index is -2.84. The first-order valence-corrected chi connectivity index (χ1v) is 23.1. The molecule has 1 aliphatic heterocycles. The molecule has 0 N–H and O–H groups in total. The summed E-state index contributed by atoms with van der Waals surface area (Å²) < 4.78 is 25.5. The van der Waals surface area contributed by atoms with E-state index >= 15 is 0 Å². The number of benzene rings is 2. The predicted molar refractivity (Wildman–Crippen MR) is 125 cm³/mol. The number of fused-ring (bicyclic) bond motifs is 1. The van der Waals surface area contributed by atoms with Crippen molar-refractivity contribution in [3.8, 4) is 0 Å². The first-order chi connectivity index (χ1) is 12.1. The molecule has 0 radical (unpaired) electrons. The molecule has 0 aliphatic carbocycles. The van der Waals surface area contributed by atoms with Gasteiger partial charge in [0.1, 0.15) is 0 Å². The van der Waals surface area contributed by atoms with Gasteiger partial charge < -0.3 is 0 Å². The summed E-state index contributed by atoms with van der Waals surface area (Å²) in [5.74, 6) is 0.487. The van der Waals surface area contributed by atoms with Crippen molar-refractivity contribution >= 4 is 79.6 Å². The van der Waals surface area contributed by atoms with E-state index < -0.39 is 28.2 Å². The minimum absolute atomic E-state index is 0.238. The van der Waals surface area contributed by atoms with Crippen LogP contribution in [0.4, 0.5) is 0 Å². The monoisotopic (exact) mass is 672 g/mol. The Bertz CT molecular complexity index is 890. The van der Waals surface area contributed by atoms with Crippen molar-refractivity contribution in [1.82, 2.24) is 0 Å². The molecule has 0 amide bonds. The molecule has 2 nitrogen and oxygen atoms in total. The average molecular weight is 674 g/mol. The maximum atomic E-state index is 11.5. The second-order valence-corrected chi connectivity index (χ2v) is 26.0. The van der Waals surface area contributed by atoms with Gasteiger partial charge in [0.25, 0.3) is 0 Å². The van der Waals surface area contributed by atoms with Crippen LogP contribution >= 0.6 is 47.8 Å². The molecule has 0 aromatic heterocycles. The van der Waals surface area contributed by atoms with Crippen LogP contribution in [0.25, 0.3) is 0 Å². The summed E-state index contributed by atoms with van der Waals surface area (Å²) in [6.45, 7) is 0. The zero-order valence-corrected chi connectivity index (χ0v) is 23.6. The zero-order chi connectivity index (χ0) is 19.5. The summed E-state index contributed by atoms with van der Waals surface area (Å²) in [6, 6.07) is 12.6. The van der Waals surface area contributed by atoms with E-state index in [2.05, 4.69) is 92.9 Å². The van der Waals surface area contributed by atoms with Gasteiger partial charge in [0.05, 0.1) is 0 Å². The molecular weight excluding hydrogens is 651 g/mol. The van der Waals surface area contributed by atoms with E-state index in [0.29, 0.717) is 0 Å². The van der Waals surface area contributed by atoms with Gasteiger partial charge in [0.15, 0.2) is 0 Å². The van der Waals surface area contributed by atoms with E-state index in [1.807, 2.05) is 6.07 Å². The Labute approximate surface area is 186 Å². The van der Waals surface area contributed by atoms with Crippen LogP contribution in [-0.2, 0) is 32.0 Å². The molecule has 142 valence electrons. The van der Waals surface area contributed by atoms with Crippen LogP contribution < -0.4 is 3.58 Å². The van der Waals surface area contributed by atoms with Gasteiger partial charge in [-0.05, 0) is 23.3 Å². The molecule has 1 aliphatic rings. The van der Waals surface area contributed by atoms with E-state index in [-0.39, 0.29) is 11.5 Å². The van der Waals surface area contributed by atoms with Crippen LogP contribution in [0.15, 0.2) is 40.9 Å². The number of hydrogen-bond donors (Lipinski definition) is 0. The van der Waals surface area contributed by atoms with Crippen LogP contribution in [0.3, 0.4) is 0 Å². The number of hydrogen-bond acceptors (Lipinski definition) is 2. The van der Waals surface area contributed by atoms with Crippen molar-refractivity contribution in [3.05, 3.63) is 63.1 Å². The molecule has 0 bridgehead atoms. The topological polar surface area (TPSA) is 34.1 Å². The fraction of sp³-hybridized carbons (Fsp3) is 0.368. The van der Waals surface area contributed by atoms with Crippen LogP contribution in [0.2, 0.25) is 14.8 Å². The fourth-order valence-electron chi connectivity index (χ4n) is 2.74. The van der Waals surface area contributed by atoms with Crippen molar-refractivity contribution < 1.29 is 8.42 Å². The normalized spacial score (nSPS) is 15.2. The van der Waals surface area contributed by atoms with Crippen LogP contribution in [0.1, 0.15) is 22.3 Å². The summed E-state index contributed by atoms with van der Waals surface area (Å²) in [4.78, 5) is 7.04. The summed E-state index contributed by atoms with van der Waals surface area (Å²) in [5.41, 5.74) is 4.72. The Balaban J connectivity index is 0.000000197. The summed E-state index contributed by atoms with van der Waals surface area (Å²) in [5, 5.41) is 1.83. The van der Waals surface area contributed by atoms with Crippen molar-refractivity contribution in [1.29, 1.82) is 0 Å². The molecule has 0 fully saturated rings. The third-order valence-corrected chi connectivity index (χ3v) is 13.3. The second-order valence-electron chi connectivity index (χ2n) is 7.45. The molecule has 3 rings (SSSR count). The van der Waals surface area contributed by atoms with Gasteiger partial charge in [0.2, 0.25) is 0 Å². The first kappa shape index (κ1) is 22.9. The van der Waals surface area contributed by atoms with Crippen LogP contribution in [0, 0.1) is 0 Å². The predicted octanol–water partition coefficient (Wildman–Crippen LogP) is 5.90. The molecule has 0 atom stereocenters. The second kappa shape index (κ2) is 9.42. The van der Waals surface area contributed by atoms with Crippen molar-refractivity contribution in [2.75, 3.05) is 0 Å². The molecule has 2 aromatic rings. The molecule has 2 aromatic carbocycles. The number of alkyl halides is 2. The van der Waals surface area contributed by atoms with Crippen molar-refractivity contribution in [3.63, 3.8) is 0 Å². The van der Waals surface area contributed by atoms with Gasteiger partial charge in [-0.1, -0.05) is 53.9 Å². The Kier molecular flexibility index (Phi) is 8.30. The van der Waals surface area contributed by atoms with Gasteiger partial charge in [-0.3, -0.25) is 0 Å². The average Bonchev–Trinajstić information content (AvgIpc) is 2.87. The molecule has 7 heteroatoms. The third-order valence-electron chi connectivity index (χ3n) is 4.28. The third kappa shape index (κ3) is 6.32. The van der Waals surface area contributed by atoms with E-state index in [1.54, 1.807) is 0 Å². The van der Waals surface area contributed by atoms with Crippen molar-refractivity contribution in [2.45, 2.75) is 37.0 Å². The standard InChI is InChI=1S/C8H7Br3.C8H7O2S.3CH3.Sn/c9-4-6-1-2-8(11)3-7(6)5-10;9-11(10)5-7-3-1-2-4-8(7)6-11;;;;/h1-3H,4-5H2;1,3-4H,5-6H2;3*1H3;. The van der Waals surface area contributed by atoms with E-state index in [1.165, 1.54) is 14.7 Å². The molecule has 0 saturated heterocycles. The fourth-order valence-corrected chi connectivity index (χ4v) is 9.22. The number of halogens is 3. The zero-order valence-electron chi connectivity index (χ0n) is 15.2. The van der Waals surface area contributed by atoms with Gasteiger partial charge in [0, 0.05) is 15.1 Å². The summed E-state index contributed by atoms with van der Waals surface area (Å²) >= 11 is 8.27. The molecule has 1 heterocycles. The molecule has 0 saturated carbocycles. The molecule has 26 heavy (non-hydrogen) atoms. The van der Waals surface area contributed by atoms with Crippen molar-refractivity contribution in [2.24, 2.45) is 0 Å². The molecule has 0 unspecified atom stereocenters. The number of sulfone groups is 1. The van der Waals surface area contributed by atoms with Gasteiger partial charge in [-0.15, -0.1) is 0 Å². The molecular formula is C19H23Br3O2SSn. The molecule has 0 spiro atoms. The van der Waals surface area contributed by atoms with Gasteiger partial charge >= 0.3 is 95.9 Å². The van der Waals surface area contributed by atoms with E-state index in [0.717, 1.165) is 26.3 Å². The van der Waals surface area contributed by atoms with E-state index in [4.69, 9.17) is 0 Å². The summed E-state index contributed by atoms with van der Waals surface area (Å²) in [7, 11) is -2.84. The van der Waals surface area contributed by atoms with Gasteiger partial charge in [-0.25, -0.2) is 0 Å². The quantitative estimate of drug-likeness (QED) is 0.301. The first-order valence-electron chi connectivity index (χ1n) is 8.27. The Morgan fingerprint density at radius 1 is 0.885 bits per heavy atom. The van der Waals surface area contributed by atoms with Crippen LogP contribution in [-0.4, -0.2) is 26.8 Å². The Morgan fingerprint density at radius 2 is 1.50 bits per heavy atom. The number of rotatable bonds is 3. The van der Waals surface area contributed by atoms with Crippen LogP contribution in [0.5, 0.6) is 0 Å². The maximum absolute atomic E-state index is 11.5.